The SMILES string of the molecule is CCCCc1nc(C)cc(N2CCCC(CNS(N)(=O)=O)C2)n1. The Kier molecular flexibility index (Phi) is 6.32. The molecule has 0 radical (unpaired) electrons. The maximum Gasteiger partial charge on any atom is 0.274 e. The van der Waals surface area contributed by atoms with Crippen molar-refractivity contribution in [2.45, 2.75) is 46.0 Å². The molecule has 0 aliphatic carbocycles. The van der Waals surface area contributed by atoms with E-state index in [0.29, 0.717) is 6.54 Å². The molecule has 1 saturated heterocycles. The summed E-state index contributed by atoms with van der Waals surface area (Å²) in [6.07, 6.45) is 5.12. The molecule has 2 heterocycles. The Morgan fingerprint density at radius 2 is 2.22 bits per heavy atom. The van der Waals surface area contributed by atoms with Crippen LogP contribution in [0.15, 0.2) is 6.07 Å². The molecule has 0 aromatic carbocycles. The van der Waals surface area contributed by atoms with E-state index in [9.17, 15) is 8.42 Å². The molecule has 0 bridgehead atoms. The molecule has 1 unspecified atom stereocenters. The topological polar surface area (TPSA) is 101 Å². The van der Waals surface area contributed by atoms with Gasteiger partial charge in [-0.05, 0) is 32.1 Å². The minimum atomic E-state index is -3.62. The first-order valence-corrected chi connectivity index (χ1v) is 9.79. The third kappa shape index (κ3) is 6.04. The molecule has 1 aromatic rings. The molecule has 1 atom stereocenters. The number of nitrogens with two attached hydrogens (primary N) is 1. The number of aryl methyl sites for hydroxylation is 2. The Labute approximate surface area is 138 Å². The van der Waals surface area contributed by atoms with E-state index in [2.05, 4.69) is 26.5 Å². The highest BCUT2D eigenvalue weighted by Gasteiger charge is 2.22. The smallest absolute Gasteiger partial charge is 0.274 e. The quantitative estimate of drug-likeness (QED) is 0.774. The van der Waals surface area contributed by atoms with Crippen molar-refractivity contribution in [3.05, 3.63) is 17.6 Å². The largest absolute Gasteiger partial charge is 0.356 e. The van der Waals surface area contributed by atoms with Crippen LogP contribution in [-0.4, -0.2) is 38.0 Å². The van der Waals surface area contributed by atoms with Crippen molar-refractivity contribution in [2.24, 2.45) is 11.1 Å². The highest BCUT2D eigenvalue weighted by molar-refractivity contribution is 7.87. The first-order chi connectivity index (χ1) is 10.9. The fourth-order valence-electron chi connectivity index (χ4n) is 2.89. The van der Waals surface area contributed by atoms with Gasteiger partial charge >= 0.3 is 0 Å². The van der Waals surface area contributed by atoms with Crippen molar-refractivity contribution in [3.63, 3.8) is 0 Å². The molecule has 7 nitrogen and oxygen atoms in total. The van der Waals surface area contributed by atoms with E-state index in [1.165, 1.54) is 0 Å². The van der Waals surface area contributed by atoms with Gasteiger partial charge in [-0.15, -0.1) is 0 Å². The van der Waals surface area contributed by atoms with E-state index in [1.807, 2.05) is 13.0 Å². The summed E-state index contributed by atoms with van der Waals surface area (Å²) in [6.45, 7) is 6.25. The zero-order valence-electron chi connectivity index (χ0n) is 14.0. The number of hydrogen-bond donors (Lipinski definition) is 2. The fraction of sp³-hybridized carbons (Fsp3) is 0.733. The van der Waals surface area contributed by atoms with Crippen molar-refractivity contribution in [1.82, 2.24) is 14.7 Å². The third-order valence-corrected chi connectivity index (χ3v) is 4.63. The lowest BCUT2D eigenvalue weighted by Crippen LogP contribution is -2.42. The van der Waals surface area contributed by atoms with Crippen molar-refractivity contribution in [3.8, 4) is 0 Å². The predicted molar refractivity (Wildman–Crippen MR) is 91.4 cm³/mol. The summed E-state index contributed by atoms with van der Waals surface area (Å²) in [7, 11) is -3.62. The second kappa shape index (κ2) is 8.03. The fourth-order valence-corrected chi connectivity index (χ4v) is 3.36. The summed E-state index contributed by atoms with van der Waals surface area (Å²) in [5.41, 5.74) is 0.978. The molecule has 1 aliphatic rings. The maximum absolute atomic E-state index is 11.0. The molecule has 0 spiro atoms. The molecular formula is C15H27N5O2S. The second-order valence-electron chi connectivity index (χ2n) is 6.24. The van der Waals surface area contributed by atoms with Crippen LogP contribution in [0.3, 0.4) is 0 Å². The number of unbranched alkanes of at least 4 members (excludes halogenated alkanes) is 1. The van der Waals surface area contributed by atoms with Gasteiger partial charge in [-0.25, -0.2) is 19.8 Å². The van der Waals surface area contributed by atoms with Gasteiger partial charge in [0, 0.05) is 37.8 Å². The van der Waals surface area contributed by atoms with Gasteiger partial charge in [0.1, 0.15) is 11.6 Å². The summed E-state index contributed by atoms with van der Waals surface area (Å²) in [5, 5.41) is 5.01. The van der Waals surface area contributed by atoms with Crippen LogP contribution < -0.4 is 14.8 Å². The van der Waals surface area contributed by atoms with Gasteiger partial charge in [0.15, 0.2) is 0 Å². The molecule has 1 fully saturated rings. The summed E-state index contributed by atoms with van der Waals surface area (Å²) in [5.74, 6) is 2.09. The minimum absolute atomic E-state index is 0.247. The van der Waals surface area contributed by atoms with E-state index < -0.39 is 10.2 Å². The van der Waals surface area contributed by atoms with E-state index in [0.717, 1.165) is 62.5 Å². The maximum atomic E-state index is 11.0. The number of hydrogen-bond acceptors (Lipinski definition) is 5. The van der Waals surface area contributed by atoms with Crippen molar-refractivity contribution < 1.29 is 8.42 Å². The highest BCUT2D eigenvalue weighted by atomic mass is 32.2. The number of piperidine rings is 1. The molecule has 8 heteroatoms. The first-order valence-electron chi connectivity index (χ1n) is 8.24. The van der Waals surface area contributed by atoms with Crippen molar-refractivity contribution >= 4 is 16.0 Å². The summed E-state index contributed by atoms with van der Waals surface area (Å²) in [4.78, 5) is 11.4. The van der Waals surface area contributed by atoms with Crippen LogP contribution in [0.4, 0.5) is 5.82 Å². The van der Waals surface area contributed by atoms with Crippen molar-refractivity contribution in [2.75, 3.05) is 24.5 Å². The van der Waals surface area contributed by atoms with Crippen LogP contribution >= 0.6 is 0 Å². The van der Waals surface area contributed by atoms with Crippen LogP contribution in [0.25, 0.3) is 0 Å². The molecule has 0 amide bonds. The summed E-state index contributed by atoms with van der Waals surface area (Å²) < 4.78 is 24.5. The average molecular weight is 341 g/mol. The van der Waals surface area contributed by atoms with E-state index in [4.69, 9.17) is 5.14 Å². The van der Waals surface area contributed by atoms with Gasteiger partial charge in [-0.3, -0.25) is 0 Å². The molecular weight excluding hydrogens is 314 g/mol. The van der Waals surface area contributed by atoms with E-state index >= 15 is 0 Å². The van der Waals surface area contributed by atoms with Gasteiger partial charge in [-0.2, -0.15) is 8.42 Å². The Bertz CT molecular complexity index is 620. The van der Waals surface area contributed by atoms with Crippen molar-refractivity contribution in [1.29, 1.82) is 0 Å². The van der Waals surface area contributed by atoms with Gasteiger partial charge in [0.05, 0.1) is 0 Å². The standard InChI is InChI=1S/C15H27N5O2S/c1-3-4-7-14-18-12(2)9-15(19-14)20-8-5-6-13(11-20)10-17-23(16,21)22/h9,13,17H,3-8,10-11H2,1-2H3,(H2,16,21,22). The highest BCUT2D eigenvalue weighted by Crippen LogP contribution is 2.22. The zero-order valence-corrected chi connectivity index (χ0v) is 14.8. The van der Waals surface area contributed by atoms with E-state index in [1.54, 1.807) is 0 Å². The van der Waals surface area contributed by atoms with Gasteiger partial charge < -0.3 is 4.90 Å². The Morgan fingerprint density at radius 1 is 1.43 bits per heavy atom. The van der Waals surface area contributed by atoms with Gasteiger partial charge in [-0.1, -0.05) is 13.3 Å². The van der Waals surface area contributed by atoms with Gasteiger partial charge in [0.25, 0.3) is 10.2 Å². The van der Waals surface area contributed by atoms with Gasteiger partial charge in [0.2, 0.25) is 0 Å². The third-order valence-electron chi connectivity index (χ3n) is 4.06. The first kappa shape index (κ1) is 18.1. The minimum Gasteiger partial charge on any atom is -0.356 e. The molecule has 23 heavy (non-hydrogen) atoms. The normalized spacial score (nSPS) is 19.1. The lowest BCUT2D eigenvalue weighted by Gasteiger charge is -2.33. The lowest BCUT2D eigenvalue weighted by molar-refractivity contribution is 0.409. The Hall–Kier alpha value is -1.25. The molecule has 1 aliphatic heterocycles. The van der Waals surface area contributed by atoms with Crippen LogP contribution in [0.2, 0.25) is 0 Å². The van der Waals surface area contributed by atoms with Crippen LogP contribution in [0.5, 0.6) is 0 Å². The molecule has 2 rings (SSSR count). The second-order valence-corrected chi connectivity index (χ2v) is 7.61. The predicted octanol–water partition coefficient (Wildman–Crippen LogP) is 1.14. The average Bonchev–Trinajstić information content (AvgIpc) is 2.50. The monoisotopic (exact) mass is 341 g/mol. The van der Waals surface area contributed by atoms with Crippen LogP contribution in [0.1, 0.15) is 44.1 Å². The Morgan fingerprint density at radius 3 is 2.91 bits per heavy atom. The zero-order chi connectivity index (χ0) is 16.9. The van der Waals surface area contributed by atoms with Crippen LogP contribution in [0, 0.1) is 12.8 Å². The number of nitrogens with one attached hydrogen (secondary N) is 1. The molecule has 3 N–H and O–H groups in total. The number of nitrogens with zero attached hydrogens (tertiary/aromatic N) is 3. The molecule has 0 saturated carbocycles. The summed E-state index contributed by atoms with van der Waals surface area (Å²) >= 11 is 0. The lowest BCUT2D eigenvalue weighted by atomic mass is 9.98. The van der Waals surface area contributed by atoms with E-state index in [-0.39, 0.29) is 5.92 Å². The van der Waals surface area contributed by atoms with Crippen LogP contribution in [-0.2, 0) is 16.6 Å². The number of anilines is 1. The number of rotatable bonds is 7. The molecule has 1 aromatic heterocycles. The summed E-state index contributed by atoms with van der Waals surface area (Å²) in [6, 6.07) is 2.00. The Balaban J connectivity index is 2.04. The number of aromatic nitrogens is 2. The molecule has 130 valence electrons.